The van der Waals surface area contributed by atoms with Gasteiger partial charge in [0.25, 0.3) is 5.91 Å². The molecule has 0 atom stereocenters. The molecule has 0 unspecified atom stereocenters. The fourth-order valence-electron chi connectivity index (χ4n) is 3.41. The summed E-state index contributed by atoms with van der Waals surface area (Å²) in [5.41, 5.74) is -0.0901. The molecule has 1 aromatic heterocycles. The van der Waals surface area contributed by atoms with Gasteiger partial charge in [-0.05, 0) is 26.0 Å². The molecule has 0 bridgehead atoms. The fourth-order valence-corrected chi connectivity index (χ4v) is 3.41. The number of morpholine rings is 1. The summed E-state index contributed by atoms with van der Waals surface area (Å²) in [6.07, 6.45) is 1.62. The third-order valence-electron chi connectivity index (χ3n) is 5.06. The van der Waals surface area contributed by atoms with Crippen LogP contribution in [0.5, 0.6) is 0 Å². The number of hydrogen-bond donors (Lipinski definition) is 0. The van der Waals surface area contributed by atoms with Crippen LogP contribution in [0.3, 0.4) is 0 Å². The van der Waals surface area contributed by atoms with Gasteiger partial charge >= 0.3 is 0 Å². The molecular weight excluding hydrogens is 320 g/mol. The second kappa shape index (κ2) is 7.49. The Morgan fingerprint density at radius 3 is 2.24 bits per heavy atom. The monoisotopic (exact) mass is 346 g/mol. The summed E-state index contributed by atoms with van der Waals surface area (Å²) >= 11 is 0. The minimum Gasteiger partial charge on any atom is -0.379 e. The van der Waals surface area contributed by atoms with Gasteiger partial charge in [-0.1, -0.05) is 6.07 Å². The highest BCUT2D eigenvalue weighted by molar-refractivity contribution is 5.92. The van der Waals surface area contributed by atoms with Gasteiger partial charge in [-0.3, -0.25) is 19.5 Å². The van der Waals surface area contributed by atoms with Crippen molar-refractivity contribution in [2.75, 3.05) is 52.5 Å². The number of piperazine rings is 1. The van der Waals surface area contributed by atoms with Crippen molar-refractivity contribution in [3.05, 3.63) is 30.1 Å². The summed E-state index contributed by atoms with van der Waals surface area (Å²) in [7, 11) is 0. The van der Waals surface area contributed by atoms with E-state index < -0.39 is 5.54 Å². The number of pyridine rings is 1. The molecule has 136 valence electrons. The van der Waals surface area contributed by atoms with Crippen molar-refractivity contribution in [3.63, 3.8) is 0 Å². The van der Waals surface area contributed by atoms with Gasteiger partial charge in [-0.25, -0.2) is 0 Å². The third-order valence-corrected chi connectivity index (χ3v) is 5.06. The lowest BCUT2D eigenvalue weighted by Gasteiger charge is -2.44. The molecule has 25 heavy (non-hydrogen) atoms. The molecule has 0 aromatic carbocycles. The van der Waals surface area contributed by atoms with Crippen molar-refractivity contribution < 1.29 is 14.3 Å². The van der Waals surface area contributed by atoms with E-state index in [1.165, 1.54) is 0 Å². The van der Waals surface area contributed by atoms with Gasteiger partial charge in [0.05, 0.1) is 18.8 Å². The van der Waals surface area contributed by atoms with Crippen LogP contribution < -0.4 is 0 Å². The minimum absolute atomic E-state index is 0.0693. The van der Waals surface area contributed by atoms with Crippen molar-refractivity contribution in [2.24, 2.45) is 0 Å². The van der Waals surface area contributed by atoms with E-state index in [2.05, 4.69) is 9.88 Å². The second-order valence-corrected chi connectivity index (χ2v) is 6.96. The zero-order valence-corrected chi connectivity index (χ0v) is 15.0. The average molecular weight is 346 g/mol. The first-order valence-electron chi connectivity index (χ1n) is 8.82. The zero-order chi connectivity index (χ0) is 17.9. The molecule has 2 fully saturated rings. The SMILES string of the molecule is CC(C)(C(=O)N1CCN(C(=O)c2ccccn2)CC1)N1CCOCC1. The quantitative estimate of drug-likeness (QED) is 0.796. The van der Waals surface area contributed by atoms with Crippen LogP contribution in [0, 0.1) is 0 Å². The highest BCUT2D eigenvalue weighted by atomic mass is 16.5. The van der Waals surface area contributed by atoms with Crippen LogP contribution in [0.15, 0.2) is 24.4 Å². The van der Waals surface area contributed by atoms with Gasteiger partial charge in [0.2, 0.25) is 5.91 Å². The largest absolute Gasteiger partial charge is 0.379 e. The van der Waals surface area contributed by atoms with Crippen molar-refractivity contribution in [1.29, 1.82) is 0 Å². The lowest BCUT2D eigenvalue weighted by molar-refractivity contribution is -0.147. The minimum atomic E-state index is -0.545. The van der Waals surface area contributed by atoms with E-state index >= 15 is 0 Å². The summed E-state index contributed by atoms with van der Waals surface area (Å²) in [6.45, 7) is 9.05. The molecule has 0 spiro atoms. The maximum absolute atomic E-state index is 13.0. The van der Waals surface area contributed by atoms with Gasteiger partial charge in [0, 0.05) is 45.5 Å². The average Bonchev–Trinajstić information content (AvgIpc) is 2.68. The second-order valence-electron chi connectivity index (χ2n) is 6.96. The lowest BCUT2D eigenvalue weighted by atomic mass is 9.99. The Labute approximate surface area is 148 Å². The van der Waals surface area contributed by atoms with Crippen LogP contribution in [0.25, 0.3) is 0 Å². The number of ether oxygens (including phenoxy) is 1. The summed E-state index contributed by atoms with van der Waals surface area (Å²) in [6, 6.07) is 5.33. The number of carbonyl (C=O) groups excluding carboxylic acids is 2. The maximum Gasteiger partial charge on any atom is 0.272 e. The summed E-state index contributed by atoms with van der Waals surface area (Å²) in [4.78, 5) is 35.4. The molecular formula is C18H26N4O3. The normalized spacial score (nSPS) is 19.8. The smallest absolute Gasteiger partial charge is 0.272 e. The van der Waals surface area contributed by atoms with Crippen molar-refractivity contribution in [3.8, 4) is 0 Å². The van der Waals surface area contributed by atoms with Gasteiger partial charge in [0.15, 0.2) is 0 Å². The first kappa shape index (κ1) is 17.8. The number of aromatic nitrogens is 1. The number of carbonyl (C=O) groups is 2. The molecule has 7 nitrogen and oxygen atoms in total. The van der Waals surface area contributed by atoms with Gasteiger partial charge in [-0.15, -0.1) is 0 Å². The topological polar surface area (TPSA) is 66.0 Å². The Kier molecular flexibility index (Phi) is 5.34. The fraction of sp³-hybridized carbons (Fsp3) is 0.611. The van der Waals surface area contributed by atoms with Crippen LogP contribution in [-0.4, -0.2) is 89.5 Å². The highest BCUT2D eigenvalue weighted by Crippen LogP contribution is 2.20. The molecule has 2 amide bonds. The van der Waals surface area contributed by atoms with Crippen LogP contribution in [0.2, 0.25) is 0 Å². The molecule has 3 rings (SSSR count). The first-order valence-corrected chi connectivity index (χ1v) is 8.82. The first-order chi connectivity index (χ1) is 12.0. The summed E-state index contributed by atoms with van der Waals surface area (Å²) in [5.74, 6) is 0.0551. The number of amides is 2. The molecule has 1 aromatic rings. The van der Waals surface area contributed by atoms with E-state index in [0.29, 0.717) is 45.1 Å². The van der Waals surface area contributed by atoms with Crippen molar-refractivity contribution >= 4 is 11.8 Å². The molecule has 7 heteroatoms. The van der Waals surface area contributed by atoms with Gasteiger partial charge < -0.3 is 14.5 Å². The molecule has 2 aliphatic heterocycles. The number of rotatable bonds is 3. The molecule has 0 saturated carbocycles. The van der Waals surface area contributed by atoms with Crippen LogP contribution in [0.4, 0.5) is 0 Å². The van der Waals surface area contributed by atoms with Gasteiger partial charge in [0.1, 0.15) is 5.69 Å². The highest BCUT2D eigenvalue weighted by Gasteiger charge is 2.39. The molecule has 0 aliphatic carbocycles. The summed E-state index contributed by atoms with van der Waals surface area (Å²) < 4.78 is 5.39. The Balaban J connectivity index is 1.58. The molecule has 2 saturated heterocycles. The van der Waals surface area contributed by atoms with Crippen LogP contribution in [-0.2, 0) is 9.53 Å². The Morgan fingerprint density at radius 2 is 1.64 bits per heavy atom. The van der Waals surface area contributed by atoms with Crippen molar-refractivity contribution in [1.82, 2.24) is 19.7 Å². The van der Waals surface area contributed by atoms with Crippen LogP contribution >= 0.6 is 0 Å². The number of nitrogens with zero attached hydrogens (tertiary/aromatic N) is 4. The molecule has 0 radical (unpaired) electrons. The van der Waals surface area contributed by atoms with E-state index in [9.17, 15) is 9.59 Å². The van der Waals surface area contributed by atoms with E-state index in [1.807, 2.05) is 24.8 Å². The Bertz CT molecular complexity index is 606. The van der Waals surface area contributed by atoms with E-state index in [1.54, 1.807) is 23.2 Å². The molecule has 0 N–H and O–H groups in total. The van der Waals surface area contributed by atoms with Gasteiger partial charge in [-0.2, -0.15) is 0 Å². The Morgan fingerprint density at radius 1 is 1.00 bits per heavy atom. The van der Waals surface area contributed by atoms with E-state index in [-0.39, 0.29) is 11.8 Å². The lowest BCUT2D eigenvalue weighted by Crippen LogP contribution is -2.61. The Hall–Kier alpha value is -1.99. The summed E-state index contributed by atoms with van der Waals surface area (Å²) in [5, 5.41) is 0. The van der Waals surface area contributed by atoms with E-state index in [4.69, 9.17) is 4.74 Å². The number of hydrogen-bond acceptors (Lipinski definition) is 5. The van der Waals surface area contributed by atoms with Crippen LogP contribution in [0.1, 0.15) is 24.3 Å². The zero-order valence-electron chi connectivity index (χ0n) is 15.0. The maximum atomic E-state index is 13.0. The van der Waals surface area contributed by atoms with Crippen molar-refractivity contribution in [2.45, 2.75) is 19.4 Å². The predicted molar refractivity (Wildman–Crippen MR) is 93.2 cm³/mol. The molecule has 3 heterocycles. The standard InChI is InChI=1S/C18H26N4O3/c1-18(2,22-11-13-25-14-12-22)17(24)21-9-7-20(8-10-21)16(23)15-5-3-4-6-19-15/h3-6H,7-14H2,1-2H3. The molecule has 2 aliphatic rings. The predicted octanol–water partition coefficient (Wildman–Crippen LogP) is 0.477. The third kappa shape index (κ3) is 3.82. The van der Waals surface area contributed by atoms with E-state index in [0.717, 1.165) is 13.1 Å².